The number of hydrogen-bond acceptors (Lipinski definition) is 5. The molecule has 7 heteroatoms. The predicted octanol–water partition coefficient (Wildman–Crippen LogP) is 3.03. The first kappa shape index (κ1) is 18.3. The Bertz CT molecular complexity index is 759. The Balaban J connectivity index is 2.01. The van der Waals surface area contributed by atoms with Gasteiger partial charge in [0.2, 0.25) is 5.91 Å². The molecule has 0 spiro atoms. The van der Waals surface area contributed by atoms with Crippen LogP contribution in [0.4, 0.5) is 5.69 Å². The molecule has 0 saturated carbocycles. The summed E-state index contributed by atoms with van der Waals surface area (Å²) in [6.45, 7) is 1.87. The molecule has 132 valence electrons. The predicted molar refractivity (Wildman–Crippen MR) is 92.9 cm³/mol. The zero-order valence-corrected chi connectivity index (χ0v) is 14.3. The van der Waals surface area contributed by atoms with E-state index in [1.54, 1.807) is 32.4 Å². The Morgan fingerprint density at radius 3 is 2.32 bits per heavy atom. The fraction of sp³-hybridized carbons (Fsp3) is 0.278. The number of hydrogen-bond donors (Lipinski definition) is 1. The van der Waals surface area contributed by atoms with Gasteiger partial charge < -0.3 is 14.8 Å². The van der Waals surface area contributed by atoms with Gasteiger partial charge in [0.05, 0.1) is 31.6 Å². The standard InChI is InChI=1S/C18H20N2O5/c1-12(14-6-9-16(24-2)17(11-14)25-3)19-18(21)10-13-4-7-15(8-5-13)20(22)23/h4-9,11-12H,10H2,1-3H3,(H,19,21). The summed E-state index contributed by atoms with van der Waals surface area (Å²) in [5.41, 5.74) is 1.60. The monoisotopic (exact) mass is 344 g/mol. The summed E-state index contributed by atoms with van der Waals surface area (Å²) in [6.07, 6.45) is 0.148. The fourth-order valence-electron chi connectivity index (χ4n) is 2.42. The molecule has 0 aromatic heterocycles. The quantitative estimate of drug-likeness (QED) is 0.616. The molecule has 1 N–H and O–H groups in total. The fourth-order valence-corrected chi connectivity index (χ4v) is 2.42. The van der Waals surface area contributed by atoms with Gasteiger partial charge in [-0.05, 0) is 30.2 Å². The van der Waals surface area contributed by atoms with E-state index in [-0.39, 0.29) is 24.1 Å². The first-order valence-corrected chi connectivity index (χ1v) is 7.69. The van der Waals surface area contributed by atoms with Crippen LogP contribution in [0.5, 0.6) is 11.5 Å². The molecule has 1 atom stereocenters. The van der Waals surface area contributed by atoms with Gasteiger partial charge in [0.1, 0.15) is 0 Å². The van der Waals surface area contributed by atoms with Crippen LogP contribution in [0.25, 0.3) is 0 Å². The molecule has 1 unspecified atom stereocenters. The number of benzene rings is 2. The number of non-ortho nitro benzene ring substituents is 1. The number of carbonyl (C=O) groups excluding carboxylic acids is 1. The van der Waals surface area contributed by atoms with Gasteiger partial charge in [-0.2, -0.15) is 0 Å². The number of rotatable bonds is 7. The highest BCUT2D eigenvalue weighted by molar-refractivity contribution is 5.79. The largest absolute Gasteiger partial charge is 0.493 e. The summed E-state index contributed by atoms with van der Waals surface area (Å²) in [5, 5.41) is 13.5. The van der Waals surface area contributed by atoms with Crippen molar-refractivity contribution in [3.63, 3.8) is 0 Å². The van der Waals surface area contributed by atoms with Crippen molar-refractivity contribution < 1.29 is 19.2 Å². The SMILES string of the molecule is COc1ccc(C(C)NC(=O)Cc2ccc([N+](=O)[O-])cc2)cc1OC. The normalized spacial score (nSPS) is 11.5. The first-order chi connectivity index (χ1) is 11.9. The number of methoxy groups -OCH3 is 2. The highest BCUT2D eigenvalue weighted by Gasteiger charge is 2.13. The van der Waals surface area contributed by atoms with Crippen molar-refractivity contribution in [1.82, 2.24) is 5.32 Å². The van der Waals surface area contributed by atoms with Crippen molar-refractivity contribution in [1.29, 1.82) is 0 Å². The van der Waals surface area contributed by atoms with E-state index in [1.165, 1.54) is 12.1 Å². The molecule has 0 aliphatic rings. The number of nitrogens with one attached hydrogen (secondary N) is 1. The van der Waals surface area contributed by atoms with Gasteiger partial charge in [0.15, 0.2) is 11.5 Å². The number of amides is 1. The maximum atomic E-state index is 12.2. The van der Waals surface area contributed by atoms with E-state index in [1.807, 2.05) is 19.1 Å². The van der Waals surface area contributed by atoms with Crippen LogP contribution in [-0.2, 0) is 11.2 Å². The van der Waals surface area contributed by atoms with Crippen LogP contribution < -0.4 is 14.8 Å². The van der Waals surface area contributed by atoms with Crippen LogP contribution in [0.2, 0.25) is 0 Å². The Morgan fingerprint density at radius 2 is 1.76 bits per heavy atom. The molecular weight excluding hydrogens is 324 g/mol. The summed E-state index contributed by atoms with van der Waals surface area (Å²) in [4.78, 5) is 22.4. The Kier molecular flexibility index (Phi) is 5.94. The summed E-state index contributed by atoms with van der Waals surface area (Å²) in [5.74, 6) is 1.04. The molecule has 0 aliphatic carbocycles. The van der Waals surface area contributed by atoms with Crippen LogP contribution in [0.1, 0.15) is 24.1 Å². The molecule has 0 heterocycles. The lowest BCUT2D eigenvalue weighted by Crippen LogP contribution is -2.28. The minimum Gasteiger partial charge on any atom is -0.493 e. The maximum Gasteiger partial charge on any atom is 0.269 e. The second-order valence-electron chi connectivity index (χ2n) is 5.50. The Labute approximate surface area is 145 Å². The molecule has 7 nitrogen and oxygen atoms in total. The van der Waals surface area contributed by atoms with Crippen molar-refractivity contribution >= 4 is 11.6 Å². The van der Waals surface area contributed by atoms with Crippen LogP contribution in [0.15, 0.2) is 42.5 Å². The van der Waals surface area contributed by atoms with Crippen LogP contribution >= 0.6 is 0 Å². The number of nitro benzene ring substituents is 1. The van der Waals surface area contributed by atoms with Gasteiger partial charge >= 0.3 is 0 Å². The van der Waals surface area contributed by atoms with E-state index in [9.17, 15) is 14.9 Å². The van der Waals surface area contributed by atoms with Crippen LogP contribution in [0, 0.1) is 10.1 Å². The van der Waals surface area contributed by atoms with E-state index >= 15 is 0 Å². The van der Waals surface area contributed by atoms with Crippen molar-refractivity contribution in [3.05, 3.63) is 63.7 Å². The van der Waals surface area contributed by atoms with Crippen molar-refractivity contribution in [2.24, 2.45) is 0 Å². The number of nitrogens with zero attached hydrogens (tertiary/aromatic N) is 1. The first-order valence-electron chi connectivity index (χ1n) is 7.69. The molecule has 0 saturated heterocycles. The number of nitro groups is 1. The van der Waals surface area contributed by atoms with E-state index in [4.69, 9.17) is 9.47 Å². The van der Waals surface area contributed by atoms with E-state index in [0.717, 1.165) is 5.56 Å². The Morgan fingerprint density at radius 1 is 1.12 bits per heavy atom. The number of ether oxygens (including phenoxy) is 2. The third-order valence-electron chi connectivity index (χ3n) is 3.80. The molecule has 2 aromatic rings. The molecule has 0 fully saturated rings. The topological polar surface area (TPSA) is 90.7 Å². The zero-order valence-electron chi connectivity index (χ0n) is 14.3. The lowest BCUT2D eigenvalue weighted by atomic mass is 10.1. The Hall–Kier alpha value is -3.09. The molecule has 2 aromatic carbocycles. The van der Waals surface area contributed by atoms with Crippen molar-refractivity contribution in [2.75, 3.05) is 14.2 Å². The van der Waals surface area contributed by atoms with Crippen LogP contribution in [-0.4, -0.2) is 25.1 Å². The lowest BCUT2D eigenvalue weighted by Gasteiger charge is -2.16. The molecule has 2 rings (SSSR count). The highest BCUT2D eigenvalue weighted by Crippen LogP contribution is 2.29. The van der Waals surface area contributed by atoms with E-state index in [2.05, 4.69) is 5.32 Å². The average Bonchev–Trinajstić information content (AvgIpc) is 2.61. The van der Waals surface area contributed by atoms with Gasteiger partial charge in [-0.25, -0.2) is 0 Å². The van der Waals surface area contributed by atoms with Gasteiger partial charge in [-0.1, -0.05) is 18.2 Å². The van der Waals surface area contributed by atoms with Crippen molar-refractivity contribution in [3.8, 4) is 11.5 Å². The molecular formula is C18H20N2O5. The van der Waals surface area contributed by atoms with Gasteiger partial charge in [-0.15, -0.1) is 0 Å². The maximum absolute atomic E-state index is 12.2. The highest BCUT2D eigenvalue weighted by atomic mass is 16.6. The molecule has 1 amide bonds. The second-order valence-corrected chi connectivity index (χ2v) is 5.50. The van der Waals surface area contributed by atoms with E-state index in [0.29, 0.717) is 17.1 Å². The summed E-state index contributed by atoms with van der Waals surface area (Å²) in [7, 11) is 3.12. The minimum absolute atomic E-state index is 0.00264. The zero-order chi connectivity index (χ0) is 18.4. The van der Waals surface area contributed by atoms with Crippen molar-refractivity contribution in [2.45, 2.75) is 19.4 Å². The summed E-state index contributed by atoms with van der Waals surface area (Å²) >= 11 is 0. The van der Waals surface area contributed by atoms with E-state index < -0.39 is 4.92 Å². The molecule has 0 aliphatic heterocycles. The third-order valence-corrected chi connectivity index (χ3v) is 3.80. The molecule has 0 radical (unpaired) electrons. The third kappa shape index (κ3) is 4.69. The summed E-state index contributed by atoms with van der Waals surface area (Å²) < 4.78 is 10.5. The minimum atomic E-state index is -0.469. The molecule has 0 bridgehead atoms. The summed E-state index contributed by atoms with van der Waals surface area (Å²) in [6, 6.07) is 11.2. The molecule has 25 heavy (non-hydrogen) atoms. The second kappa shape index (κ2) is 8.14. The van der Waals surface area contributed by atoms with Gasteiger partial charge in [0.25, 0.3) is 5.69 Å². The number of carbonyl (C=O) groups is 1. The smallest absolute Gasteiger partial charge is 0.269 e. The van der Waals surface area contributed by atoms with Crippen LogP contribution in [0.3, 0.4) is 0 Å². The van der Waals surface area contributed by atoms with Gasteiger partial charge in [-0.3, -0.25) is 14.9 Å². The average molecular weight is 344 g/mol. The lowest BCUT2D eigenvalue weighted by molar-refractivity contribution is -0.384. The van der Waals surface area contributed by atoms with Gasteiger partial charge in [0, 0.05) is 12.1 Å².